The Balaban J connectivity index is 2.90. The fourth-order valence-electron chi connectivity index (χ4n) is 2.71. The highest BCUT2D eigenvalue weighted by molar-refractivity contribution is 7.80. The largest absolute Gasteiger partial charge is 0.392 e. The smallest absolute Gasteiger partial charge is 0.235 e. The van der Waals surface area contributed by atoms with Crippen LogP contribution >= 0.6 is 12.2 Å². The first-order valence-corrected chi connectivity index (χ1v) is 7.00. The zero-order valence-electron chi connectivity index (χ0n) is 12.4. The van der Waals surface area contributed by atoms with Gasteiger partial charge in [-0.1, -0.05) is 39.9 Å². The lowest BCUT2D eigenvalue weighted by Crippen LogP contribution is -2.59. The summed E-state index contributed by atoms with van der Waals surface area (Å²) in [5.41, 5.74) is 5.30. The van der Waals surface area contributed by atoms with Crippen LogP contribution in [0.4, 0.5) is 0 Å². The third kappa shape index (κ3) is 2.53. The Bertz CT molecular complexity index is 353. The highest BCUT2D eigenvalue weighted by Crippen LogP contribution is 2.47. The summed E-state index contributed by atoms with van der Waals surface area (Å²) in [6, 6.07) is 0.159. The first kappa shape index (κ1) is 15.4. The number of nitrogens with zero attached hydrogens (tertiary/aromatic N) is 1. The number of rotatable bonds is 3. The average molecular weight is 270 g/mol. The van der Waals surface area contributed by atoms with E-state index in [1.807, 2.05) is 11.9 Å². The molecular formula is C14H26N2OS. The second-order valence-electron chi connectivity index (χ2n) is 6.92. The maximum Gasteiger partial charge on any atom is 0.235 e. The van der Waals surface area contributed by atoms with Gasteiger partial charge >= 0.3 is 0 Å². The molecule has 0 heterocycles. The van der Waals surface area contributed by atoms with Crippen LogP contribution in [-0.4, -0.2) is 28.9 Å². The predicted molar refractivity (Wildman–Crippen MR) is 79.3 cm³/mol. The predicted octanol–water partition coefficient (Wildman–Crippen LogP) is 2.58. The summed E-state index contributed by atoms with van der Waals surface area (Å²) < 4.78 is 0. The molecule has 2 N–H and O–H groups in total. The molecule has 0 saturated heterocycles. The summed E-state index contributed by atoms with van der Waals surface area (Å²) in [4.78, 5) is 14.9. The highest BCUT2D eigenvalue weighted by atomic mass is 32.1. The molecule has 3 nitrogen and oxygen atoms in total. The molecule has 1 aliphatic carbocycles. The minimum absolute atomic E-state index is 0.0528. The number of carbonyl (C=O) groups excluding carboxylic acids is 1. The minimum Gasteiger partial charge on any atom is -0.392 e. The first-order valence-electron chi connectivity index (χ1n) is 6.59. The third-order valence-electron chi connectivity index (χ3n) is 4.43. The van der Waals surface area contributed by atoms with Gasteiger partial charge in [0.2, 0.25) is 5.91 Å². The molecule has 0 bridgehead atoms. The zero-order chi connectivity index (χ0) is 14.3. The van der Waals surface area contributed by atoms with Crippen molar-refractivity contribution in [2.45, 2.75) is 53.5 Å². The molecule has 1 atom stereocenters. The van der Waals surface area contributed by atoms with Crippen LogP contribution < -0.4 is 5.73 Å². The number of thiocarbonyl (C=S) groups is 1. The average Bonchev–Trinajstić information content (AvgIpc) is 2.19. The van der Waals surface area contributed by atoms with Crippen molar-refractivity contribution in [1.29, 1.82) is 0 Å². The maximum absolute atomic E-state index is 12.7. The van der Waals surface area contributed by atoms with Crippen molar-refractivity contribution in [3.8, 4) is 0 Å². The van der Waals surface area contributed by atoms with E-state index >= 15 is 0 Å². The van der Waals surface area contributed by atoms with Crippen molar-refractivity contribution in [2.24, 2.45) is 22.5 Å². The Morgan fingerprint density at radius 2 is 1.89 bits per heavy atom. The quantitative estimate of drug-likeness (QED) is 0.802. The Morgan fingerprint density at radius 3 is 2.17 bits per heavy atom. The lowest BCUT2D eigenvalue weighted by molar-refractivity contribution is -0.146. The van der Waals surface area contributed by atoms with Crippen LogP contribution in [0.2, 0.25) is 0 Å². The van der Waals surface area contributed by atoms with Gasteiger partial charge in [-0.05, 0) is 31.1 Å². The van der Waals surface area contributed by atoms with Gasteiger partial charge in [0, 0.05) is 13.1 Å². The van der Waals surface area contributed by atoms with E-state index in [1.165, 1.54) is 0 Å². The van der Waals surface area contributed by atoms with Gasteiger partial charge in [-0.25, -0.2) is 0 Å². The van der Waals surface area contributed by atoms with E-state index in [-0.39, 0.29) is 17.4 Å². The van der Waals surface area contributed by atoms with E-state index in [2.05, 4.69) is 34.6 Å². The number of amides is 1. The fraction of sp³-hybridized carbons (Fsp3) is 0.857. The van der Waals surface area contributed by atoms with Crippen molar-refractivity contribution >= 4 is 23.1 Å². The molecule has 0 aromatic carbocycles. The van der Waals surface area contributed by atoms with Crippen molar-refractivity contribution in [3.05, 3.63) is 0 Å². The Hall–Kier alpha value is -0.640. The topological polar surface area (TPSA) is 46.3 Å². The van der Waals surface area contributed by atoms with Crippen LogP contribution in [0.5, 0.6) is 0 Å². The molecule has 1 unspecified atom stereocenters. The fourth-order valence-corrected chi connectivity index (χ4v) is 2.96. The van der Waals surface area contributed by atoms with Gasteiger partial charge in [0.25, 0.3) is 0 Å². The summed E-state index contributed by atoms with van der Waals surface area (Å²) in [6.45, 7) is 10.6. The van der Waals surface area contributed by atoms with Gasteiger partial charge < -0.3 is 10.6 Å². The lowest BCUT2D eigenvalue weighted by atomic mass is 9.61. The van der Waals surface area contributed by atoms with Gasteiger partial charge in [-0.3, -0.25) is 4.79 Å². The van der Waals surface area contributed by atoms with E-state index in [4.69, 9.17) is 18.0 Å². The van der Waals surface area contributed by atoms with E-state index in [0.29, 0.717) is 10.9 Å². The molecule has 4 heteroatoms. The standard InChI is InChI=1S/C14H26N2OS/c1-9-7-14(8-9,11(15)18)12(17)16(6)10(2)13(3,4)5/h9-10H,7-8H2,1-6H3,(H2,15,18). The monoisotopic (exact) mass is 270 g/mol. The molecule has 1 fully saturated rings. The molecule has 104 valence electrons. The molecule has 18 heavy (non-hydrogen) atoms. The molecule has 0 aliphatic heterocycles. The van der Waals surface area contributed by atoms with E-state index in [9.17, 15) is 4.79 Å². The highest BCUT2D eigenvalue weighted by Gasteiger charge is 2.52. The lowest BCUT2D eigenvalue weighted by Gasteiger charge is -2.48. The summed E-state index contributed by atoms with van der Waals surface area (Å²) in [5.74, 6) is 0.629. The molecule has 1 amide bonds. The molecule has 0 radical (unpaired) electrons. The van der Waals surface area contributed by atoms with Crippen molar-refractivity contribution in [3.63, 3.8) is 0 Å². The van der Waals surface area contributed by atoms with Gasteiger partial charge in [-0.15, -0.1) is 0 Å². The van der Waals surface area contributed by atoms with Crippen LogP contribution in [0.15, 0.2) is 0 Å². The van der Waals surface area contributed by atoms with Crippen molar-refractivity contribution < 1.29 is 4.79 Å². The van der Waals surface area contributed by atoms with Gasteiger partial charge in [0.1, 0.15) is 0 Å². The molecule has 0 spiro atoms. The zero-order valence-corrected chi connectivity index (χ0v) is 13.2. The van der Waals surface area contributed by atoms with Crippen LogP contribution in [0, 0.1) is 16.7 Å². The molecule has 0 aromatic heterocycles. The molecule has 1 saturated carbocycles. The van der Waals surface area contributed by atoms with Gasteiger partial charge in [-0.2, -0.15) is 0 Å². The molecular weight excluding hydrogens is 244 g/mol. The van der Waals surface area contributed by atoms with Gasteiger partial charge in [0.15, 0.2) is 0 Å². The number of carbonyl (C=O) groups is 1. The summed E-state index contributed by atoms with van der Waals surface area (Å²) in [6.07, 6.45) is 1.59. The number of nitrogens with two attached hydrogens (primary N) is 1. The number of hydrogen-bond donors (Lipinski definition) is 1. The Morgan fingerprint density at radius 1 is 1.44 bits per heavy atom. The summed E-state index contributed by atoms with van der Waals surface area (Å²) >= 11 is 5.14. The van der Waals surface area contributed by atoms with Crippen LogP contribution in [-0.2, 0) is 4.79 Å². The van der Waals surface area contributed by atoms with E-state index in [0.717, 1.165) is 12.8 Å². The maximum atomic E-state index is 12.7. The van der Waals surface area contributed by atoms with Crippen molar-refractivity contribution in [1.82, 2.24) is 4.90 Å². The normalized spacial score (nSPS) is 29.3. The molecule has 1 aliphatic rings. The van der Waals surface area contributed by atoms with Crippen LogP contribution in [0.1, 0.15) is 47.5 Å². The van der Waals surface area contributed by atoms with Crippen LogP contribution in [0.25, 0.3) is 0 Å². The number of hydrogen-bond acceptors (Lipinski definition) is 2. The Labute approximate surface area is 116 Å². The molecule has 0 aromatic rings. The second kappa shape index (κ2) is 4.80. The van der Waals surface area contributed by atoms with Crippen molar-refractivity contribution in [2.75, 3.05) is 7.05 Å². The van der Waals surface area contributed by atoms with Crippen LogP contribution in [0.3, 0.4) is 0 Å². The van der Waals surface area contributed by atoms with E-state index in [1.54, 1.807) is 0 Å². The van der Waals surface area contributed by atoms with E-state index < -0.39 is 5.41 Å². The minimum atomic E-state index is -0.580. The molecule has 1 rings (SSSR count). The summed E-state index contributed by atoms with van der Waals surface area (Å²) in [5, 5.41) is 0. The first-order chi connectivity index (χ1) is 8.02. The second-order valence-corrected chi connectivity index (χ2v) is 7.36. The Kier molecular flexibility index (Phi) is 4.11. The summed E-state index contributed by atoms with van der Waals surface area (Å²) in [7, 11) is 1.86. The third-order valence-corrected chi connectivity index (χ3v) is 4.82. The van der Waals surface area contributed by atoms with Gasteiger partial charge in [0.05, 0.1) is 10.4 Å². The SMILES string of the molecule is CC1CC(C(=O)N(C)C(C)C(C)(C)C)(C(N)=S)C1.